The van der Waals surface area contributed by atoms with Crippen LogP contribution in [0.25, 0.3) is 10.9 Å². The number of aliphatic hydroxyl groups excluding tert-OH is 2. The quantitative estimate of drug-likeness (QED) is 0.00962. The van der Waals surface area contributed by atoms with Gasteiger partial charge in [-0.2, -0.15) is 0 Å². The SMILES string of the molecule is CN=C(N)NCCC[C@H](NC(=O)[C@H](CC(C)C)NC(=O)NNC(=O)[C@H](Cc1ccccc1)NC(=O)[C@@H](NC(=O)[C@H](CC(N)=O)NC(=O)[C@H](CO)NC(=O)[C@@H](Cc1ccc(O)cc1)NC(C)=O)[C@@H](C)O)C(=O)N[C@@H](Cc1c[nH]c2ccccc12)C(N)=O. The molecule has 3 aromatic carbocycles. The maximum absolute atomic E-state index is 14.1. The number of para-hydroxylation sites is 1. The van der Waals surface area contributed by atoms with Crippen molar-refractivity contribution in [3.8, 4) is 5.75 Å². The summed E-state index contributed by atoms with van der Waals surface area (Å²) in [5.74, 6) is -9.98. The lowest BCUT2D eigenvalue weighted by Crippen LogP contribution is -2.63. The third kappa shape index (κ3) is 22.7. The third-order valence-electron chi connectivity index (χ3n) is 13.1. The van der Waals surface area contributed by atoms with Gasteiger partial charge in [-0.05, 0) is 67.0 Å². The second-order valence-corrected chi connectivity index (χ2v) is 20.6. The van der Waals surface area contributed by atoms with E-state index in [0.29, 0.717) is 16.7 Å². The number of aromatic amines is 1. The number of nitrogens with two attached hydrogens (primary N) is 3. The summed E-state index contributed by atoms with van der Waals surface area (Å²) in [6.07, 6.45) is -0.994. The molecule has 0 aliphatic carbocycles. The summed E-state index contributed by atoms with van der Waals surface area (Å²) in [4.78, 5) is 154. The minimum Gasteiger partial charge on any atom is -0.508 e. The first kappa shape index (κ1) is 68.7. The van der Waals surface area contributed by atoms with Gasteiger partial charge in [0.25, 0.3) is 5.91 Å². The number of primary amides is 2. The van der Waals surface area contributed by atoms with Crippen LogP contribution in [0, 0.1) is 5.92 Å². The van der Waals surface area contributed by atoms with Gasteiger partial charge in [-0.25, -0.2) is 10.2 Å². The Bertz CT molecular complexity index is 3030. The van der Waals surface area contributed by atoms with E-state index in [1.54, 1.807) is 50.4 Å². The number of aliphatic hydroxyl groups is 2. The zero-order chi connectivity index (χ0) is 63.6. The Morgan fingerprint density at radius 3 is 1.73 bits per heavy atom. The zero-order valence-corrected chi connectivity index (χ0v) is 48.2. The molecule has 21 N–H and O–H groups in total. The summed E-state index contributed by atoms with van der Waals surface area (Å²) in [5, 5.41) is 53.7. The first-order valence-electron chi connectivity index (χ1n) is 27.4. The summed E-state index contributed by atoms with van der Waals surface area (Å²) < 4.78 is 0. The lowest BCUT2D eigenvalue weighted by molar-refractivity contribution is -0.137. The number of amides is 12. The number of phenolic OH excluding ortho intramolecular Hbond substituents is 1. The van der Waals surface area contributed by atoms with Crippen LogP contribution in [0.15, 0.2) is 90.1 Å². The number of fused-ring (bicyclic) bond motifs is 1. The molecule has 0 saturated carbocycles. The summed E-state index contributed by atoms with van der Waals surface area (Å²) >= 11 is 0. The number of H-pyrrole nitrogens is 1. The molecule has 0 bridgehead atoms. The Morgan fingerprint density at radius 1 is 0.581 bits per heavy atom. The van der Waals surface area contributed by atoms with E-state index in [4.69, 9.17) is 17.2 Å². The highest BCUT2D eigenvalue weighted by Crippen LogP contribution is 2.20. The second kappa shape index (κ2) is 34.1. The van der Waals surface area contributed by atoms with Crippen LogP contribution < -0.4 is 75.9 Å². The number of aliphatic imine (C=N–C) groups is 1. The minimum absolute atomic E-state index is 0.00988. The van der Waals surface area contributed by atoms with Gasteiger partial charge < -0.3 is 85.4 Å². The molecule has 86 heavy (non-hydrogen) atoms. The van der Waals surface area contributed by atoms with Crippen molar-refractivity contribution in [3.63, 3.8) is 0 Å². The Kier molecular flexibility index (Phi) is 27.2. The molecule has 1 aromatic heterocycles. The highest BCUT2D eigenvalue weighted by Gasteiger charge is 2.36. The van der Waals surface area contributed by atoms with Gasteiger partial charge >= 0.3 is 6.03 Å². The van der Waals surface area contributed by atoms with E-state index in [2.05, 4.69) is 68.7 Å². The number of hydrogen-bond donors (Lipinski definition) is 18. The third-order valence-corrected chi connectivity index (χ3v) is 13.1. The van der Waals surface area contributed by atoms with Crippen molar-refractivity contribution >= 4 is 82.0 Å². The van der Waals surface area contributed by atoms with Crippen molar-refractivity contribution in [3.05, 3.63) is 102 Å². The highest BCUT2D eigenvalue weighted by atomic mass is 16.3. The van der Waals surface area contributed by atoms with Crippen molar-refractivity contribution in [1.82, 2.24) is 63.7 Å². The van der Waals surface area contributed by atoms with Gasteiger partial charge in [-0.1, -0.05) is 74.5 Å². The number of benzene rings is 3. The molecule has 0 aliphatic rings. The van der Waals surface area contributed by atoms with Crippen LogP contribution in [0.1, 0.15) is 70.1 Å². The number of aromatic hydroxyl groups is 1. The van der Waals surface area contributed by atoms with Crippen LogP contribution in [0.3, 0.4) is 0 Å². The molecule has 0 radical (unpaired) electrons. The molecule has 4 aromatic rings. The topological polar surface area (TPSA) is 487 Å². The average Bonchev–Trinajstić information content (AvgIpc) is 3.88. The fourth-order valence-corrected chi connectivity index (χ4v) is 8.71. The molecule has 1 heterocycles. The summed E-state index contributed by atoms with van der Waals surface area (Å²) in [6, 6.07) is 7.80. The van der Waals surface area contributed by atoms with Gasteiger partial charge in [0.1, 0.15) is 54.1 Å². The predicted octanol–water partition coefficient (Wildman–Crippen LogP) is -3.89. The first-order valence-corrected chi connectivity index (χ1v) is 27.4. The van der Waals surface area contributed by atoms with Gasteiger partial charge in [0.05, 0.1) is 19.1 Å². The Hall–Kier alpha value is -9.84. The van der Waals surface area contributed by atoms with Crippen molar-refractivity contribution in [2.75, 3.05) is 20.2 Å². The van der Waals surface area contributed by atoms with E-state index in [-0.39, 0.29) is 62.7 Å². The molecular formula is C56H78N16O14. The molecule has 9 atom stereocenters. The standard InChI is InChI=1S/C56H78N16O14/c1-29(2)22-40(49(80)64-38(16-11-21-61-55(59)60-5)48(79)65-39(47(58)78)25-34-27-62-37-15-10-9-14-36(34)37)69-56(86)72-71-53(84)42(23-32-12-7-6-8-13-32)67-54(85)46(30(3)74)70-51(82)43(26-45(57)77)66-52(83)44(28-73)68-50(81)41(63-31(4)75)24-33-17-19-35(76)20-18-33/h6-10,12-15,17-20,27,29-30,38-44,46,62,73-74,76H,11,16,21-26,28H2,1-5H3,(H2,57,77)(H2,58,78)(H,63,75)(H,64,80)(H,65,79)(H,66,83)(H,67,85)(H,68,81)(H,70,82)(H,71,84)(H3,59,60,61)(H2,69,72,86)/t30-,38+,39+,40+,41-,42+,43+,44+,46+/m1/s1. The Morgan fingerprint density at radius 2 is 1.13 bits per heavy atom. The summed E-state index contributed by atoms with van der Waals surface area (Å²) in [6.45, 7) is 4.94. The Balaban J connectivity index is 1.47. The van der Waals surface area contributed by atoms with E-state index in [9.17, 15) is 68.1 Å². The van der Waals surface area contributed by atoms with Crippen LogP contribution in [0.5, 0.6) is 5.75 Å². The number of rotatable bonds is 32. The number of hydrogen-bond acceptors (Lipinski definition) is 15. The monoisotopic (exact) mass is 1200 g/mol. The molecular weight excluding hydrogens is 1120 g/mol. The molecule has 0 saturated heterocycles. The van der Waals surface area contributed by atoms with Gasteiger partial charge in [-0.3, -0.25) is 58.4 Å². The molecule has 4 rings (SSSR count). The normalized spacial score (nSPS) is 14.4. The lowest BCUT2D eigenvalue weighted by Gasteiger charge is -2.27. The van der Waals surface area contributed by atoms with Gasteiger partial charge in [0.15, 0.2) is 5.96 Å². The lowest BCUT2D eigenvalue weighted by atomic mass is 10.0. The summed E-state index contributed by atoms with van der Waals surface area (Å²) in [7, 11) is 1.47. The molecule has 30 heteroatoms. The molecule has 0 unspecified atom stereocenters. The van der Waals surface area contributed by atoms with E-state index in [1.165, 1.54) is 31.3 Å². The second-order valence-electron chi connectivity index (χ2n) is 20.6. The number of phenols is 1. The Labute approximate surface area is 495 Å². The maximum Gasteiger partial charge on any atom is 0.334 e. The first-order chi connectivity index (χ1) is 40.8. The van der Waals surface area contributed by atoms with Crippen LogP contribution >= 0.6 is 0 Å². The van der Waals surface area contributed by atoms with Crippen molar-refractivity contribution in [1.29, 1.82) is 0 Å². The van der Waals surface area contributed by atoms with E-state index in [0.717, 1.165) is 24.8 Å². The average molecular weight is 1200 g/mol. The van der Waals surface area contributed by atoms with Crippen molar-refractivity contribution in [2.24, 2.45) is 28.1 Å². The van der Waals surface area contributed by atoms with Gasteiger partial charge in [0.2, 0.25) is 53.2 Å². The predicted molar refractivity (Wildman–Crippen MR) is 313 cm³/mol. The molecule has 0 fully saturated rings. The number of carbonyl (C=O) groups excluding carboxylic acids is 11. The number of nitrogens with zero attached hydrogens (tertiary/aromatic N) is 1. The van der Waals surface area contributed by atoms with Gasteiger partial charge in [0, 0.05) is 56.9 Å². The van der Waals surface area contributed by atoms with Crippen molar-refractivity contribution in [2.45, 2.75) is 127 Å². The maximum atomic E-state index is 14.1. The highest BCUT2D eigenvalue weighted by molar-refractivity contribution is 5.99. The van der Waals surface area contributed by atoms with E-state index >= 15 is 0 Å². The number of guanidine groups is 1. The molecule has 0 aliphatic heterocycles. The van der Waals surface area contributed by atoms with Crippen molar-refractivity contribution < 1.29 is 68.1 Å². The van der Waals surface area contributed by atoms with Crippen LogP contribution in [0.4, 0.5) is 4.79 Å². The number of urea groups is 1. The van der Waals surface area contributed by atoms with Gasteiger partial charge in [-0.15, -0.1) is 0 Å². The zero-order valence-electron chi connectivity index (χ0n) is 48.2. The van der Waals surface area contributed by atoms with Crippen LogP contribution in [0.2, 0.25) is 0 Å². The molecule has 466 valence electrons. The minimum atomic E-state index is -1.91. The molecule has 0 spiro atoms. The van der Waals surface area contributed by atoms with E-state index < -0.39 is 133 Å². The van der Waals surface area contributed by atoms with E-state index in [1.807, 2.05) is 24.3 Å². The van der Waals surface area contributed by atoms with Crippen LogP contribution in [-0.2, 0) is 67.2 Å². The number of aromatic nitrogens is 1. The largest absolute Gasteiger partial charge is 0.508 e. The number of hydrazine groups is 1. The molecule has 12 amide bonds. The summed E-state index contributed by atoms with van der Waals surface area (Å²) in [5.41, 5.74) is 23.8. The fraction of sp³-hybridized carbons (Fsp3) is 0.429. The number of carbonyl (C=O) groups is 11. The fourth-order valence-electron chi connectivity index (χ4n) is 8.71. The molecule has 30 nitrogen and oxygen atoms in total. The number of nitrogens with one attached hydrogen (secondary N) is 12. The van der Waals surface area contributed by atoms with Crippen LogP contribution in [-0.4, -0.2) is 166 Å². The smallest absolute Gasteiger partial charge is 0.334 e.